The molecule has 2 aromatic carbocycles. The van der Waals surface area contributed by atoms with E-state index in [2.05, 4.69) is 10.5 Å². The van der Waals surface area contributed by atoms with Crippen molar-refractivity contribution < 1.29 is 40.3 Å². The van der Waals surface area contributed by atoms with Crippen molar-refractivity contribution in [3.05, 3.63) is 63.6 Å². The molecular weight excluding hydrogens is 506 g/mol. The van der Waals surface area contributed by atoms with Crippen molar-refractivity contribution in [2.45, 2.75) is 24.9 Å². The Balaban J connectivity index is 2.19. The molecule has 0 fully saturated rings. The van der Waals surface area contributed by atoms with Crippen LogP contribution in [-0.2, 0) is 4.79 Å². The van der Waals surface area contributed by atoms with Crippen molar-refractivity contribution in [1.82, 2.24) is 5.43 Å². The third kappa shape index (κ3) is 5.56. The highest BCUT2D eigenvalue weighted by molar-refractivity contribution is 6.43. The summed E-state index contributed by atoms with van der Waals surface area (Å²) in [4.78, 5) is 23.7. The first-order valence-corrected chi connectivity index (χ1v) is 9.38. The molecule has 0 atom stereocenters. The number of carbonyl (C=O) groups excluding carboxylic acids is 2. The van der Waals surface area contributed by atoms with Gasteiger partial charge in [0.05, 0.1) is 21.3 Å². The van der Waals surface area contributed by atoms with Crippen LogP contribution in [0, 0.1) is 0 Å². The SMILES string of the molecule is C/C(=N\NC(=O)c1cccc(Cl)c1Cl)c1cccc(NC(=O)C(F)(F)C(F)(F)C(F)(F)F)c1. The Hall–Kier alpha value is -2.86. The van der Waals surface area contributed by atoms with Gasteiger partial charge >= 0.3 is 23.9 Å². The molecule has 0 radical (unpaired) electrons. The summed E-state index contributed by atoms with van der Waals surface area (Å²) in [7, 11) is 0. The molecule has 2 aromatic rings. The van der Waals surface area contributed by atoms with Crippen LogP contribution in [0.2, 0.25) is 10.0 Å². The smallest absolute Gasteiger partial charge is 0.321 e. The van der Waals surface area contributed by atoms with Crippen LogP contribution in [0.1, 0.15) is 22.8 Å². The summed E-state index contributed by atoms with van der Waals surface area (Å²) in [5, 5.41) is 5.16. The normalized spacial score (nSPS) is 13.0. The fraction of sp³-hybridized carbons (Fsp3) is 0.211. The molecule has 0 bridgehead atoms. The highest BCUT2D eigenvalue weighted by Gasteiger charge is 2.76. The van der Waals surface area contributed by atoms with Gasteiger partial charge in [-0.2, -0.15) is 35.8 Å². The number of anilines is 1. The molecule has 0 aromatic heterocycles. The van der Waals surface area contributed by atoms with Gasteiger partial charge < -0.3 is 5.32 Å². The molecule has 2 N–H and O–H groups in total. The molecule has 0 unspecified atom stereocenters. The number of rotatable bonds is 6. The van der Waals surface area contributed by atoms with Gasteiger partial charge in [0.15, 0.2) is 0 Å². The Morgan fingerprint density at radius 3 is 2.15 bits per heavy atom. The van der Waals surface area contributed by atoms with E-state index in [-0.39, 0.29) is 26.9 Å². The molecule has 0 saturated heterocycles. The number of nitrogens with one attached hydrogen (secondary N) is 2. The van der Waals surface area contributed by atoms with E-state index in [0.717, 1.165) is 12.1 Å². The van der Waals surface area contributed by atoms with E-state index in [1.165, 1.54) is 42.6 Å². The quantitative estimate of drug-likeness (QED) is 0.283. The molecule has 178 valence electrons. The summed E-state index contributed by atoms with van der Waals surface area (Å²) in [6.07, 6.45) is -6.65. The fourth-order valence-electron chi connectivity index (χ4n) is 2.29. The number of nitrogens with zero attached hydrogens (tertiary/aromatic N) is 1. The number of benzene rings is 2. The van der Waals surface area contributed by atoms with E-state index >= 15 is 0 Å². The largest absolute Gasteiger partial charge is 0.460 e. The van der Waals surface area contributed by atoms with Crippen molar-refractivity contribution >= 4 is 46.4 Å². The minimum Gasteiger partial charge on any atom is -0.321 e. The lowest BCUT2D eigenvalue weighted by atomic mass is 10.1. The van der Waals surface area contributed by atoms with Crippen LogP contribution in [0.25, 0.3) is 0 Å². The summed E-state index contributed by atoms with van der Waals surface area (Å²) in [6, 6.07) is 8.74. The average Bonchev–Trinajstić information content (AvgIpc) is 2.72. The van der Waals surface area contributed by atoms with Crippen molar-refractivity contribution in [3.8, 4) is 0 Å². The van der Waals surface area contributed by atoms with Gasteiger partial charge in [0.25, 0.3) is 5.91 Å². The summed E-state index contributed by atoms with van der Waals surface area (Å²) >= 11 is 11.7. The van der Waals surface area contributed by atoms with Crippen LogP contribution in [0.3, 0.4) is 0 Å². The number of hydrogen-bond donors (Lipinski definition) is 2. The van der Waals surface area contributed by atoms with Crippen LogP contribution in [0.5, 0.6) is 0 Å². The maximum atomic E-state index is 13.5. The molecule has 0 saturated carbocycles. The maximum absolute atomic E-state index is 13.5. The van der Waals surface area contributed by atoms with Gasteiger partial charge in [-0.3, -0.25) is 9.59 Å². The van der Waals surface area contributed by atoms with Crippen molar-refractivity contribution in [2.24, 2.45) is 5.10 Å². The molecule has 0 aliphatic rings. The minimum atomic E-state index is -6.65. The molecule has 33 heavy (non-hydrogen) atoms. The van der Waals surface area contributed by atoms with Gasteiger partial charge in [-0.15, -0.1) is 0 Å². The van der Waals surface area contributed by atoms with E-state index in [9.17, 15) is 40.3 Å². The van der Waals surface area contributed by atoms with Crippen LogP contribution < -0.4 is 10.7 Å². The predicted octanol–water partition coefficient (Wildman–Crippen LogP) is 5.92. The number of hydrazone groups is 1. The van der Waals surface area contributed by atoms with Gasteiger partial charge in [-0.05, 0) is 36.8 Å². The second-order valence-electron chi connectivity index (χ2n) is 6.42. The first-order chi connectivity index (χ1) is 15.1. The number of amides is 2. The topological polar surface area (TPSA) is 70.6 Å². The molecular formula is C19H12Cl2F7N3O2. The average molecular weight is 518 g/mol. The maximum Gasteiger partial charge on any atom is 0.460 e. The zero-order valence-electron chi connectivity index (χ0n) is 16.2. The molecule has 0 aliphatic heterocycles. The third-order valence-electron chi connectivity index (χ3n) is 4.10. The van der Waals surface area contributed by atoms with Gasteiger partial charge in [0, 0.05) is 5.69 Å². The molecule has 0 heterocycles. The summed E-state index contributed by atoms with van der Waals surface area (Å²) in [5.41, 5.74) is 1.80. The standard InChI is InChI=1S/C19H12Cl2F7N3O2/c1-9(30-31-15(32)12-6-3-7-13(20)14(12)21)10-4-2-5-11(8-10)29-16(33)17(22,23)18(24,25)19(26,27)28/h2-8H,1H3,(H,29,33)(H,31,32)/b30-9+. The first-order valence-electron chi connectivity index (χ1n) is 8.62. The number of alkyl halides is 7. The minimum absolute atomic E-state index is 0.00504. The Morgan fingerprint density at radius 1 is 0.939 bits per heavy atom. The molecule has 5 nitrogen and oxygen atoms in total. The molecule has 2 amide bonds. The Morgan fingerprint density at radius 2 is 1.55 bits per heavy atom. The van der Waals surface area contributed by atoms with E-state index in [1.54, 1.807) is 0 Å². The van der Waals surface area contributed by atoms with E-state index < -0.39 is 35.5 Å². The van der Waals surface area contributed by atoms with Crippen molar-refractivity contribution in [2.75, 3.05) is 5.32 Å². The molecule has 14 heteroatoms. The zero-order chi connectivity index (χ0) is 25.2. The van der Waals surface area contributed by atoms with E-state index in [4.69, 9.17) is 23.2 Å². The highest BCUT2D eigenvalue weighted by Crippen LogP contribution is 2.46. The monoisotopic (exact) mass is 517 g/mol. The lowest BCUT2D eigenvalue weighted by Crippen LogP contribution is -2.57. The summed E-state index contributed by atoms with van der Waals surface area (Å²) < 4.78 is 89.8. The first kappa shape index (κ1) is 26.4. The van der Waals surface area contributed by atoms with Gasteiger partial charge in [-0.1, -0.05) is 41.4 Å². The number of hydrogen-bond acceptors (Lipinski definition) is 3. The summed E-state index contributed by atoms with van der Waals surface area (Å²) in [6.45, 7) is 1.35. The second kappa shape index (κ2) is 9.56. The van der Waals surface area contributed by atoms with Crippen LogP contribution in [-0.4, -0.2) is 35.5 Å². The zero-order valence-corrected chi connectivity index (χ0v) is 17.7. The second-order valence-corrected chi connectivity index (χ2v) is 7.21. The highest BCUT2D eigenvalue weighted by atomic mass is 35.5. The van der Waals surface area contributed by atoms with Crippen molar-refractivity contribution in [3.63, 3.8) is 0 Å². The van der Waals surface area contributed by atoms with Gasteiger partial charge in [0.2, 0.25) is 0 Å². The molecule has 0 spiro atoms. The fourth-order valence-corrected chi connectivity index (χ4v) is 2.68. The van der Waals surface area contributed by atoms with Gasteiger partial charge in [0.1, 0.15) is 0 Å². The molecule has 2 rings (SSSR count). The predicted molar refractivity (Wildman–Crippen MR) is 107 cm³/mol. The lowest BCUT2D eigenvalue weighted by molar-refractivity contribution is -0.343. The third-order valence-corrected chi connectivity index (χ3v) is 4.91. The van der Waals surface area contributed by atoms with Crippen molar-refractivity contribution in [1.29, 1.82) is 0 Å². The van der Waals surface area contributed by atoms with Crippen LogP contribution in [0.4, 0.5) is 36.4 Å². The lowest BCUT2D eigenvalue weighted by Gasteiger charge is -2.27. The molecule has 0 aliphatic carbocycles. The summed E-state index contributed by atoms with van der Waals surface area (Å²) in [5.74, 6) is -16.3. The van der Waals surface area contributed by atoms with E-state index in [0.29, 0.717) is 0 Å². The Kier molecular flexibility index (Phi) is 7.64. The Labute approximate surface area is 191 Å². The number of halogens is 9. The number of carbonyl (C=O) groups is 2. The van der Waals surface area contributed by atoms with Crippen LogP contribution >= 0.6 is 23.2 Å². The van der Waals surface area contributed by atoms with Crippen LogP contribution in [0.15, 0.2) is 47.6 Å². The Bertz CT molecular complexity index is 1110. The van der Waals surface area contributed by atoms with Gasteiger partial charge in [-0.25, -0.2) is 5.43 Å². The van der Waals surface area contributed by atoms with E-state index in [1.807, 2.05) is 0 Å².